The van der Waals surface area contributed by atoms with Crippen molar-refractivity contribution in [2.45, 2.75) is 44.1 Å². The van der Waals surface area contributed by atoms with Crippen LogP contribution in [-0.4, -0.2) is 39.9 Å². The predicted molar refractivity (Wildman–Crippen MR) is 93.6 cm³/mol. The number of rotatable bonds is 6. The molecule has 0 unspecified atom stereocenters. The zero-order valence-corrected chi connectivity index (χ0v) is 15.1. The molecule has 1 fully saturated rings. The maximum Gasteiger partial charge on any atom is 0.274 e. The van der Waals surface area contributed by atoms with Crippen LogP contribution in [0.5, 0.6) is 0 Å². The lowest BCUT2D eigenvalue weighted by Crippen LogP contribution is -2.55. The summed E-state index contributed by atoms with van der Waals surface area (Å²) >= 11 is 5.66. The fourth-order valence-electron chi connectivity index (χ4n) is 3.33. The van der Waals surface area contributed by atoms with E-state index in [0.29, 0.717) is 12.2 Å². The molecule has 2 aromatic rings. The first-order valence-electron chi connectivity index (χ1n) is 8.63. The summed E-state index contributed by atoms with van der Waals surface area (Å²) < 4.78 is 10.1. The number of amides is 2. The Balaban J connectivity index is 1.72. The van der Waals surface area contributed by atoms with E-state index in [2.05, 4.69) is 20.8 Å². The summed E-state index contributed by atoms with van der Waals surface area (Å²) in [4.78, 5) is 28.5. The van der Waals surface area contributed by atoms with Crippen LogP contribution < -0.4 is 10.6 Å². The van der Waals surface area contributed by atoms with E-state index in [0.717, 1.165) is 38.5 Å². The minimum absolute atomic E-state index is 0.102. The van der Waals surface area contributed by atoms with Gasteiger partial charge in [0.25, 0.3) is 5.91 Å². The average Bonchev–Trinajstić information content (AvgIpc) is 3.29. The largest absolute Gasteiger partial charge is 0.441 e. The van der Waals surface area contributed by atoms with E-state index in [4.69, 9.17) is 20.5 Å². The molecular formula is C17H21ClN4O4. The van der Waals surface area contributed by atoms with Crippen molar-refractivity contribution in [2.24, 2.45) is 0 Å². The molecule has 0 spiro atoms. The standard InChI is InChI=1S/C17H21ClN4O4/c18-9-13(23)21-17(6-3-1-2-4-7-17)10-19-16(24)14-15(25-11-20-14)12-5-8-26-22-12/h5,8,11H,1-4,6-7,9-10H2,(H,19,24)(H,21,23). The van der Waals surface area contributed by atoms with Gasteiger partial charge in [0.15, 0.2) is 23.5 Å². The van der Waals surface area contributed by atoms with Crippen LogP contribution in [0.25, 0.3) is 11.5 Å². The Hall–Kier alpha value is -2.35. The van der Waals surface area contributed by atoms with Crippen LogP contribution in [0.4, 0.5) is 0 Å². The van der Waals surface area contributed by atoms with Crippen molar-refractivity contribution < 1.29 is 18.5 Å². The molecule has 0 atom stereocenters. The van der Waals surface area contributed by atoms with Gasteiger partial charge in [-0.05, 0) is 12.8 Å². The van der Waals surface area contributed by atoms with E-state index in [1.807, 2.05) is 0 Å². The van der Waals surface area contributed by atoms with Gasteiger partial charge in [0.2, 0.25) is 5.91 Å². The van der Waals surface area contributed by atoms with E-state index >= 15 is 0 Å². The van der Waals surface area contributed by atoms with Crippen molar-refractivity contribution in [1.82, 2.24) is 20.8 Å². The molecule has 1 aliphatic carbocycles. The quantitative estimate of drug-likeness (QED) is 0.588. The number of nitrogens with zero attached hydrogens (tertiary/aromatic N) is 2. The summed E-state index contributed by atoms with van der Waals surface area (Å²) in [6, 6.07) is 1.59. The number of halogens is 1. The SMILES string of the molecule is O=C(CCl)NC1(CNC(=O)c2ncoc2-c2ccon2)CCCCCC1. The number of carbonyl (C=O) groups excluding carboxylic acids is 2. The lowest BCUT2D eigenvalue weighted by Gasteiger charge is -2.34. The van der Waals surface area contributed by atoms with Crippen molar-refractivity contribution in [2.75, 3.05) is 12.4 Å². The Morgan fingerprint density at radius 2 is 2.00 bits per heavy atom. The summed E-state index contributed by atoms with van der Waals surface area (Å²) in [7, 11) is 0. The van der Waals surface area contributed by atoms with E-state index < -0.39 is 5.54 Å². The van der Waals surface area contributed by atoms with Crippen molar-refractivity contribution in [3.8, 4) is 11.5 Å². The van der Waals surface area contributed by atoms with Gasteiger partial charge in [-0.2, -0.15) is 0 Å². The molecule has 1 saturated carbocycles. The van der Waals surface area contributed by atoms with Crippen LogP contribution in [0.15, 0.2) is 27.7 Å². The van der Waals surface area contributed by atoms with Gasteiger partial charge >= 0.3 is 0 Å². The van der Waals surface area contributed by atoms with Crippen molar-refractivity contribution in [1.29, 1.82) is 0 Å². The fraction of sp³-hybridized carbons (Fsp3) is 0.529. The van der Waals surface area contributed by atoms with Crippen LogP contribution in [0, 0.1) is 0 Å². The number of alkyl halides is 1. The summed E-state index contributed by atoms with van der Waals surface area (Å²) in [5.74, 6) is -0.473. The van der Waals surface area contributed by atoms with Crippen molar-refractivity contribution in [3.05, 3.63) is 24.4 Å². The Morgan fingerprint density at radius 1 is 1.23 bits per heavy atom. The molecule has 2 heterocycles. The molecule has 0 aromatic carbocycles. The molecule has 2 N–H and O–H groups in total. The van der Waals surface area contributed by atoms with Gasteiger partial charge in [-0.15, -0.1) is 11.6 Å². The first-order chi connectivity index (χ1) is 12.6. The third-order valence-corrected chi connectivity index (χ3v) is 4.87. The highest BCUT2D eigenvalue weighted by Crippen LogP contribution is 2.27. The number of carbonyl (C=O) groups is 2. The van der Waals surface area contributed by atoms with Gasteiger partial charge in [-0.1, -0.05) is 30.8 Å². The van der Waals surface area contributed by atoms with Gasteiger partial charge in [0.1, 0.15) is 12.1 Å². The molecule has 0 saturated heterocycles. The molecule has 0 bridgehead atoms. The third kappa shape index (κ3) is 4.24. The third-order valence-electron chi connectivity index (χ3n) is 4.63. The first-order valence-corrected chi connectivity index (χ1v) is 9.16. The highest BCUT2D eigenvalue weighted by molar-refractivity contribution is 6.27. The molecule has 0 aliphatic heterocycles. The van der Waals surface area contributed by atoms with Gasteiger partial charge in [0.05, 0.1) is 5.54 Å². The second kappa shape index (κ2) is 8.35. The molecule has 140 valence electrons. The molecule has 9 heteroatoms. The second-order valence-corrected chi connectivity index (χ2v) is 6.74. The number of hydrogen-bond donors (Lipinski definition) is 2. The zero-order chi connectivity index (χ0) is 18.4. The summed E-state index contributed by atoms with van der Waals surface area (Å²) in [6.45, 7) is 0.305. The molecule has 2 amide bonds. The molecule has 8 nitrogen and oxygen atoms in total. The van der Waals surface area contributed by atoms with Crippen LogP contribution in [0.1, 0.15) is 49.0 Å². The van der Waals surface area contributed by atoms with Gasteiger partial charge in [-0.25, -0.2) is 4.98 Å². The molecule has 3 rings (SSSR count). The number of nitrogens with one attached hydrogen (secondary N) is 2. The van der Waals surface area contributed by atoms with E-state index in [1.165, 1.54) is 12.7 Å². The van der Waals surface area contributed by atoms with Crippen LogP contribution >= 0.6 is 11.6 Å². The number of aromatic nitrogens is 2. The average molecular weight is 381 g/mol. The van der Waals surface area contributed by atoms with Gasteiger partial charge in [-0.3, -0.25) is 9.59 Å². The van der Waals surface area contributed by atoms with Crippen LogP contribution in [0.3, 0.4) is 0 Å². The number of hydrogen-bond acceptors (Lipinski definition) is 6. The summed E-state index contributed by atoms with van der Waals surface area (Å²) in [5.41, 5.74) is 0.0363. The van der Waals surface area contributed by atoms with Crippen molar-refractivity contribution >= 4 is 23.4 Å². The highest BCUT2D eigenvalue weighted by Gasteiger charge is 2.33. The monoisotopic (exact) mass is 380 g/mol. The fourth-order valence-corrected chi connectivity index (χ4v) is 3.40. The van der Waals surface area contributed by atoms with E-state index in [9.17, 15) is 9.59 Å². The summed E-state index contributed by atoms with van der Waals surface area (Å²) in [5, 5.41) is 9.65. The summed E-state index contributed by atoms with van der Waals surface area (Å²) in [6.07, 6.45) is 8.39. The van der Waals surface area contributed by atoms with Crippen molar-refractivity contribution in [3.63, 3.8) is 0 Å². The Bertz CT molecular complexity index is 736. The lowest BCUT2D eigenvalue weighted by molar-refractivity contribution is -0.120. The molecule has 2 aromatic heterocycles. The smallest absolute Gasteiger partial charge is 0.274 e. The minimum atomic E-state index is -0.490. The van der Waals surface area contributed by atoms with Gasteiger partial charge < -0.3 is 19.6 Å². The second-order valence-electron chi connectivity index (χ2n) is 6.47. The first kappa shape index (κ1) is 18.4. The molecular weight excluding hydrogens is 360 g/mol. The maximum absolute atomic E-state index is 12.6. The molecule has 26 heavy (non-hydrogen) atoms. The topological polar surface area (TPSA) is 110 Å². The Labute approximate surface area is 155 Å². The minimum Gasteiger partial charge on any atom is -0.441 e. The molecule has 1 aliphatic rings. The highest BCUT2D eigenvalue weighted by atomic mass is 35.5. The Kier molecular flexibility index (Phi) is 5.92. The van der Waals surface area contributed by atoms with Crippen LogP contribution in [0.2, 0.25) is 0 Å². The van der Waals surface area contributed by atoms with E-state index in [1.54, 1.807) is 6.07 Å². The van der Waals surface area contributed by atoms with E-state index in [-0.39, 0.29) is 29.1 Å². The number of oxazole rings is 1. The zero-order valence-electron chi connectivity index (χ0n) is 14.3. The lowest BCUT2D eigenvalue weighted by atomic mass is 9.89. The van der Waals surface area contributed by atoms with Gasteiger partial charge in [0, 0.05) is 12.6 Å². The van der Waals surface area contributed by atoms with Crippen LogP contribution in [-0.2, 0) is 4.79 Å². The normalized spacial score (nSPS) is 16.7. The predicted octanol–water partition coefficient (Wildman–Crippen LogP) is 2.51. The maximum atomic E-state index is 12.6. The molecule has 0 radical (unpaired) electrons. The Morgan fingerprint density at radius 3 is 2.65 bits per heavy atom.